The Kier molecular flexibility index (Phi) is 4.78. The van der Waals surface area contributed by atoms with E-state index < -0.39 is 0 Å². The maximum absolute atomic E-state index is 13.3. The van der Waals surface area contributed by atoms with Gasteiger partial charge in [0.25, 0.3) is 5.91 Å². The van der Waals surface area contributed by atoms with Crippen LogP contribution in [0.3, 0.4) is 0 Å². The number of aryl methyl sites for hydroxylation is 1. The zero-order valence-corrected chi connectivity index (χ0v) is 14.0. The van der Waals surface area contributed by atoms with Crippen LogP contribution in [0.1, 0.15) is 23.0 Å². The van der Waals surface area contributed by atoms with Crippen molar-refractivity contribution in [1.82, 2.24) is 14.8 Å². The predicted molar refractivity (Wildman–Crippen MR) is 90.5 cm³/mol. The molecule has 0 aliphatic carbocycles. The van der Waals surface area contributed by atoms with E-state index in [2.05, 4.69) is 9.88 Å². The first-order valence-corrected chi connectivity index (χ1v) is 8.20. The normalized spacial score (nSPS) is 17.2. The minimum atomic E-state index is -0.362. The molecule has 0 radical (unpaired) electrons. The molecule has 128 valence electrons. The Hall–Kier alpha value is -2.05. The summed E-state index contributed by atoms with van der Waals surface area (Å²) in [6.45, 7) is 6.94. The number of nitrogens with zero attached hydrogens (tertiary/aromatic N) is 3. The van der Waals surface area contributed by atoms with Gasteiger partial charge in [-0.05, 0) is 32.0 Å². The molecule has 1 amide bonds. The van der Waals surface area contributed by atoms with E-state index in [0.29, 0.717) is 36.4 Å². The SMILES string of the molecule is Cc1nc2cc(F)ccc2cc1C(=O)N1CCN(CC(C)O)CC1. The number of amides is 1. The third-order valence-electron chi connectivity index (χ3n) is 4.38. The van der Waals surface area contributed by atoms with Gasteiger partial charge in [-0.3, -0.25) is 14.7 Å². The summed E-state index contributed by atoms with van der Waals surface area (Å²) in [6, 6.07) is 6.20. The molecular formula is C18H22FN3O2. The van der Waals surface area contributed by atoms with Gasteiger partial charge in [-0.15, -0.1) is 0 Å². The smallest absolute Gasteiger partial charge is 0.255 e. The molecule has 1 unspecified atom stereocenters. The van der Waals surface area contributed by atoms with Gasteiger partial charge in [0.15, 0.2) is 0 Å². The highest BCUT2D eigenvalue weighted by atomic mass is 19.1. The van der Waals surface area contributed by atoms with Crippen molar-refractivity contribution in [2.45, 2.75) is 20.0 Å². The Labute approximate surface area is 140 Å². The molecule has 0 spiro atoms. The van der Waals surface area contributed by atoms with E-state index in [1.165, 1.54) is 12.1 Å². The number of aromatic nitrogens is 1. The third kappa shape index (κ3) is 3.55. The summed E-state index contributed by atoms with van der Waals surface area (Å²) in [5.41, 5.74) is 1.74. The maximum Gasteiger partial charge on any atom is 0.255 e. The van der Waals surface area contributed by atoms with Crippen LogP contribution in [0.25, 0.3) is 10.9 Å². The molecule has 2 aromatic rings. The van der Waals surface area contributed by atoms with Crippen LogP contribution in [0.15, 0.2) is 24.3 Å². The van der Waals surface area contributed by atoms with E-state index in [1.54, 1.807) is 26.0 Å². The van der Waals surface area contributed by atoms with E-state index in [0.717, 1.165) is 18.5 Å². The van der Waals surface area contributed by atoms with Gasteiger partial charge >= 0.3 is 0 Å². The molecule has 1 saturated heterocycles. The number of hydrogen-bond acceptors (Lipinski definition) is 4. The standard InChI is InChI=1S/C18H22FN3O2/c1-12(23)11-21-5-7-22(8-6-21)18(24)16-9-14-3-4-15(19)10-17(14)20-13(16)2/h3-4,9-10,12,23H,5-8,11H2,1-2H3. The van der Waals surface area contributed by atoms with Crippen molar-refractivity contribution in [1.29, 1.82) is 0 Å². The fourth-order valence-corrected chi connectivity index (χ4v) is 3.13. The topological polar surface area (TPSA) is 56.7 Å². The van der Waals surface area contributed by atoms with E-state index in [-0.39, 0.29) is 17.8 Å². The summed E-state index contributed by atoms with van der Waals surface area (Å²) in [5, 5.41) is 10.2. The number of carbonyl (C=O) groups is 1. The van der Waals surface area contributed by atoms with Gasteiger partial charge in [-0.1, -0.05) is 0 Å². The van der Waals surface area contributed by atoms with Crippen molar-refractivity contribution < 1.29 is 14.3 Å². The summed E-state index contributed by atoms with van der Waals surface area (Å²) in [5.74, 6) is -0.370. The van der Waals surface area contributed by atoms with Crippen molar-refractivity contribution >= 4 is 16.8 Å². The zero-order valence-electron chi connectivity index (χ0n) is 14.0. The fraction of sp³-hybridized carbons (Fsp3) is 0.444. The van der Waals surface area contributed by atoms with E-state index in [4.69, 9.17) is 0 Å². The molecular weight excluding hydrogens is 309 g/mol. The van der Waals surface area contributed by atoms with Crippen LogP contribution in [-0.4, -0.2) is 64.6 Å². The summed E-state index contributed by atoms with van der Waals surface area (Å²) in [6.07, 6.45) is -0.362. The Balaban J connectivity index is 1.77. The van der Waals surface area contributed by atoms with Crippen LogP contribution in [0.5, 0.6) is 0 Å². The molecule has 1 aliphatic rings. The number of pyridine rings is 1. The number of rotatable bonds is 3. The first-order valence-electron chi connectivity index (χ1n) is 8.20. The molecule has 1 aliphatic heterocycles. The molecule has 1 N–H and O–H groups in total. The molecule has 24 heavy (non-hydrogen) atoms. The summed E-state index contributed by atoms with van der Waals surface area (Å²) in [4.78, 5) is 21.2. The maximum atomic E-state index is 13.3. The largest absolute Gasteiger partial charge is 0.392 e. The van der Waals surface area contributed by atoms with Crippen molar-refractivity contribution in [3.63, 3.8) is 0 Å². The fourth-order valence-electron chi connectivity index (χ4n) is 3.13. The second kappa shape index (κ2) is 6.83. The van der Waals surface area contributed by atoms with Crippen LogP contribution < -0.4 is 0 Å². The van der Waals surface area contributed by atoms with Crippen molar-refractivity contribution in [2.24, 2.45) is 0 Å². The average molecular weight is 331 g/mol. The Morgan fingerprint density at radius 3 is 2.67 bits per heavy atom. The predicted octanol–water partition coefficient (Wildman–Crippen LogP) is 1.82. The van der Waals surface area contributed by atoms with Crippen molar-refractivity contribution in [2.75, 3.05) is 32.7 Å². The second-order valence-corrected chi connectivity index (χ2v) is 6.40. The molecule has 6 heteroatoms. The highest BCUT2D eigenvalue weighted by molar-refractivity contribution is 5.98. The van der Waals surface area contributed by atoms with Crippen LogP contribution in [0.4, 0.5) is 4.39 Å². The average Bonchev–Trinajstić information content (AvgIpc) is 2.53. The molecule has 1 atom stereocenters. The number of fused-ring (bicyclic) bond motifs is 1. The number of benzene rings is 1. The first-order chi connectivity index (χ1) is 11.4. The number of carbonyl (C=O) groups excluding carboxylic acids is 1. The zero-order chi connectivity index (χ0) is 17.3. The van der Waals surface area contributed by atoms with Crippen LogP contribution in [-0.2, 0) is 0 Å². The molecule has 0 bridgehead atoms. The lowest BCUT2D eigenvalue weighted by Gasteiger charge is -2.35. The second-order valence-electron chi connectivity index (χ2n) is 6.40. The van der Waals surface area contributed by atoms with Crippen molar-refractivity contribution in [3.8, 4) is 0 Å². The first kappa shape index (κ1) is 16.8. The Morgan fingerprint density at radius 2 is 2.00 bits per heavy atom. The lowest BCUT2D eigenvalue weighted by Crippen LogP contribution is -2.50. The lowest BCUT2D eigenvalue weighted by molar-refractivity contribution is 0.0553. The molecule has 3 rings (SSSR count). The third-order valence-corrected chi connectivity index (χ3v) is 4.38. The summed E-state index contributed by atoms with van der Waals surface area (Å²) < 4.78 is 13.3. The van der Waals surface area contributed by atoms with E-state index in [9.17, 15) is 14.3 Å². The van der Waals surface area contributed by atoms with Gasteiger partial charge in [0.05, 0.1) is 22.9 Å². The van der Waals surface area contributed by atoms with Crippen LogP contribution in [0.2, 0.25) is 0 Å². The number of aliphatic hydroxyl groups excluding tert-OH is 1. The van der Waals surface area contributed by atoms with Gasteiger partial charge in [-0.25, -0.2) is 4.39 Å². The number of piperazine rings is 1. The molecule has 2 heterocycles. The highest BCUT2D eigenvalue weighted by Crippen LogP contribution is 2.19. The van der Waals surface area contributed by atoms with Crippen LogP contribution in [0, 0.1) is 12.7 Å². The molecule has 1 aromatic heterocycles. The minimum absolute atomic E-state index is 0.0390. The summed E-state index contributed by atoms with van der Waals surface area (Å²) >= 11 is 0. The number of halogens is 1. The molecule has 5 nitrogen and oxygen atoms in total. The lowest BCUT2D eigenvalue weighted by atomic mass is 10.1. The monoisotopic (exact) mass is 331 g/mol. The number of aliphatic hydroxyl groups is 1. The van der Waals surface area contributed by atoms with E-state index >= 15 is 0 Å². The molecule has 1 fully saturated rings. The molecule has 0 saturated carbocycles. The van der Waals surface area contributed by atoms with Gasteiger partial charge in [0, 0.05) is 44.2 Å². The number of hydrogen-bond donors (Lipinski definition) is 1. The van der Waals surface area contributed by atoms with Gasteiger partial charge in [0.2, 0.25) is 0 Å². The van der Waals surface area contributed by atoms with Crippen molar-refractivity contribution in [3.05, 3.63) is 41.3 Å². The highest BCUT2D eigenvalue weighted by Gasteiger charge is 2.24. The quantitative estimate of drug-likeness (QED) is 0.932. The van der Waals surface area contributed by atoms with Gasteiger partial charge < -0.3 is 10.0 Å². The summed E-state index contributed by atoms with van der Waals surface area (Å²) in [7, 11) is 0. The Morgan fingerprint density at radius 1 is 1.29 bits per heavy atom. The van der Waals surface area contributed by atoms with Crippen LogP contribution >= 0.6 is 0 Å². The van der Waals surface area contributed by atoms with Gasteiger partial charge in [-0.2, -0.15) is 0 Å². The van der Waals surface area contributed by atoms with Gasteiger partial charge in [0.1, 0.15) is 5.82 Å². The Bertz CT molecular complexity index is 755. The number of β-amino-alcohol motifs (C(OH)–C–C–N with tert-alkyl or cyclic N) is 1. The molecule has 1 aromatic carbocycles. The minimum Gasteiger partial charge on any atom is -0.392 e. The van der Waals surface area contributed by atoms with E-state index in [1.807, 2.05) is 4.90 Å².